The molecule has 2 N–H and O–H groups in total. The monoisotopic (exact) mass is 284 g/mol. The van der Waals surface area contributed by atoms with Crippen molar-refractivity contribution in [3.63, 3.8) is 0 Å². The van der Waals surface area contributed by atoms with E-state index in [4.69, 9.17) is 0 Å². The molecule has 106 valence electrons. The zero-order valence-electron chi connectivity index (χ0n) is 11.1. The third kappa shape index (κ3) is 4.14. The summed E-state index contributed by atoms with van der Waals surface area (Å²) in [6.07, 6.45) is 6.63. The highest BCUT2D eigenvalue weighted by Crippen LogP contribution is 2.32. The molecule has 1 heterocycles. The van der Waals surface area contributed by atoms with Crippen LogP contribution in [0.5, 0.6) is 0 Å². The van der Waals surface area contributed by atoms with Crippen LogP contribution in [0.1, 0.15) is 37.3 Å². The van der Waals surface area contributed by atoms with Crippen LogP contribution in [0.2, 0.25) is 0 Å². The van der Waals surface area contributed by atoms with Crippen molar-refractivity contribution in [2.24, 2.45) is 0 Å². The van der Waals surface area contributed by atoms with Crippen molar-refractivity contribution in [3.8, 4) is 0 Å². The Labute approximate surface area is 114 Å². The van der Waals surface area contributed by atoms with Gasteiger partial charge in [-0.3, -0.25) is 0 Å². The Morgan fingerprint density at radius 3 is 2.79 bits per heavy atom. The maximum atomic E-state index is 11.3. The number of anilines is 1. The molecule has 0 bridgehead atoms. The lowest BCUT2D eigenvalue weighted by molar-refractivity contribution is 0.588. The Morgan fingerprint density at radius 2 is 2.11 bits per heavy atom. The van der Waals surface area contributed by atoms with E-state index < -0.39 is 10.0 Å². The van der Waals surface area contributed by atoms with Crippen LogP contribution in [0.3, 0.4) is 0 Å². The van der Waals surface area contributed by atoms with Gasteiger partial charge in [0.05, 0.1) is 5.75 Å². The summed E-state index contributed by atoms with van der Waals surface area (Å²) in [6, 6.07) is 1.95. The molecule has 1 aliphatic carbocycles. The van der Waals surface area contributed by atoms with Crippen molar-refractivity contribution < 1.29 is 8.42 Å². The Hall–Kier alpha value is -1.21. The lowest BCUT2D eigenvalue weighted by Gasteiger charge is -2.10. The molecule has 1 aromatic heterocycles. The first kappa shape index (κ1) is 14.2. The van der Waals surface area contributed by atoms with Crippen molar-refractivity contribution in [1.29, 1.82) is 0 Å². The number of nitrogens with zero attached hydrogens (tertiary/aromatic N) is 2. The van der Waals surface area contributed by atoms with Crippen LogP contribution >= 0.6 is 0 Å². The van der Waals surface area contributed by atoms with Crippen molar-refractivity contribution in [2.45, 2.75) is 31.6 Å². The summed E-state index contributed by atoms with van der Waals surface area (Å²) >= 11 is 0. The fourth-order valence-electron chi connectivity index (χ4n) is 2.31. The molecule has 1 saturated carbocycles. The van der Waals surface area contributed by atoms with Crippen molar-refractivity contribution >= 4 is 16.0 Å². The molecule has 0 atom stereocenters. The van der Waals surface area contributed by atoms with Gasteiger partial charge in [0.25, 0.3) is 0 Å². The van der Waals surface area contributed by atoms with Crippen molar-refractivity contribution in [3.05, 3.63) is 18.0 Å². The smallest absolute Gasteiger partial charge is 0.222 e. The molecule has 1 aliphatic rings. The maximum absolute atomic E-state index is 11.3. The predicted octanol–water partition coefficient (Wildman–Crippen LogP) is 1.10. The van der Waals surface area contributed by atoms with E-state index in [0.717, 1.165) is 5.69 Å². The Bertz CT molecular complexity index is 512. The highest BCUT2D eigenvalue weighted by Gasteiger charge is 2.18. The van der Waals surface area contributed by atoms with Crippen LogP contribution in [-0.4, -0.2) is 37.7 Å². The summed E-state index contributed by atoms with van der Waals surface area (Å²) in [5.74, 6) is 1.06. The minimum Gasteiger partial charge on any atom is -0.353 e. The molecule has 0 spiro atoms. The summed E-state index contributed by atoms with van der Waals surface area (Å²) in [7, 11) is -1.77. The van der Waals surface area contributed by atoms with Gasteiger partial charge in [0.1, 0.15) is 0 Å². The predicted molar refractivity (Wildman–Crippen MR) is 74.6 cm³/mol. The summed E-state index contributed by atoms with van der Waals surface area (Å²) in [5, 5.41) is 2.96. The molecule has 0 aromatic carbocycles. The van der Waals surface area contributed by atoms with Crippen LogP contribution in [-0.2, 0) is 10.0 Å². The topological polar surface area (TPSA) is 84.0 Å². The molecule has 7 heteroatoms. The third-order valence-electron chi connectivity index (χ3n) is 3.42. The van der Waals surface area contributed by atoms with Gasteiger partial charge in [0.2, 0.25) is 16.0 Å². The Balaban J connectivity index is 1.92. The quantitative estimate of drug-likeness (QED) is 0.817. The molecule has 0 aliphatic heterocycles. The van der Waals surface area contributed by atoms with Crippen LogP contribution in [0.25, 0.3) is 0 Å². The number of hydrogen-bond donors (Lipinski definition) is 2. The van der Waals surface area contributed by atoms with E-state index in [1.165, 1.54) is 32.7 Å². The second-order valence-corrected chi connectivity index (χ2v) is 6.78. The van der Waals surface area contributed by atoms with E-state index >= 15 is 0 Å². The summed E-state index contributed by atoms with van der Waals surface area (Å²) in [5.41, 5.74) is 1.06. The third-order valence-corrected chi connectivity index (χ3v) is 4.78. The van der Waals surface area contributed by atoms with E-state index in [2.05, 4.69) is 20.0 Å². The average molecular weight is 284 g/mol. The molecule has 1 fully saturated rings. The first-order chi connectivity index (χ1) is 9.11. The highest BCUT2D eigenvalue weighted by atomic mass is 32.2. The van der Waals surface area contributed by atoms with Gasteiger partial charge in [-0.1, -0.05) is 12.8 Å². The first-order valence-corrected chi connectivity index (χ1v) is 8.24. The molecule has 0 unspecified atom stereocenters. The number of rotatable bonds is 6. The lowest BCUT2D eigenvalue weighted by atomic mass is 10.0. The maximum Gasteiger partial charge on any atom is 0.222 e. The van der Waals surface area contributed by atoms with Crippen LogP contribution in [0.4, 0.5) is 5.95 Å². The second kappa shape index (κ2) is 6.29. The van der Waals surface area contributed by atoms with E-state index in [-0.39, 0.29) is 5.75 Å². The summed E-state index contributed by atoms with van der Waals surface area (Å²) in [4.78, 5) is 8.58. The van der Waals surface area contributed by atoms with Gasteiger partial charge >= 0.3 is 0 Å². The summed E-state index contributed by atoms with van der Waals surface area (Å²) in [6.45, 7) is 0.303. The number of hydrogen-bond acceptors (Lipinski definition) is 5. The van der Waals surface area contributed by atoms with Gasteiger partial charge in [-0.15, -0.1) is 0 Å². The molecule has 1 aromatic rings. The van der Waals surface area contributed by atoms with Crippen LogP contribution in [0, 0.1) is 0 Å². The normalized spacial score (nSPS) is 16.7. The average Bonchev–Trinajstić information content (AvgIpc) is 2.93. The molecule has 2 rings (SSSR count). The lowest BCUT2D eigenvalue weighted by Crippen LogP contribution is -2.26. The second-order valence-electron chi connectivity index (χ2n) is 4.74. The number of aromatic nitrogens is 2. The Morgan fingerprint density at radius 1 is 1.37 bits per heavy atom. The van der Waals surface area contributed by atoms with Crippen LogP contribution < -0.4 is 10.0 Å². The number of nitrogens with one attached hydrogen (secondary N) is 2. The number of sulfonamides is 1. The van der Waals surface area contributed by atoms with E-state index in [0.29, 0.717) is 18.4 Å². The fraction of sp³-hybridized carbons (Fsp3) is 0.667. The van der Waals surface area contributed by atoms with Crippen molar-refractivity contribution in [2.75, 3.05) is 24.7 Å². The first-order valence-electron chi connectivity index (χ1n) is 6.59. The minimum absolute atomic E-state index is 0.0144. The largest absolute Gasteiger partial charge is 0.353 e. The van der Waals surface area contributed by atoms with Gasteiger partial charge in [0, 0.05) is 24.4 Å². The van der Waals surface area contributed by atoms with Gasteiger partial charge in [-0.25, -0.2) is 23.1 Å². The minimum atomic E-state index is -3.18. The van der Waals surface area contributed by atoms with Gasteiger partial charge in [-0.05, 0) is 26.0 Å². The standard InChI is InChI=1S/C12H20N4O2S/c1-13-19(17,18)9-8-15-12-14-7-6-11(16-12)10-4-2-3-5-10/h6-7,10,13H,2-5,8-9H2,1H3,(H,14,15,16). The van der Waals surface area contributed by atoms with Gasteiger partial charge < -0.3 is 5.32 Å². The molecule has 6 nitrogen and oxygen atoms in total. The van der Waals surface area contributed by atoms with Gasteiger partial charge in [0.15, 0.2) is 0 Å². The molecule has 0 amide bonds. The molecule has 0 radical (unpaired) electrons. The Kier molecular flexibility index (Phi) is 4.71. The van der Waals surface area contributed by atoms with E-state index in [9.17, 15) is 8.42 Å². The van der Waals surface area contributed by atoms with E-state index in [1.54, 1.807) is 6.20 Å². The SMILES string of the molecule is CNS(=O)(=O)CCNc1nccc(C2CCCC2)n1. The highest BCUT2D eigenvalue weighted by molar-refractivity contribution is 7.89. The summed E-state index contributed by atoms with van der Waals surface area (Å²) < 4.78 is 24.8. The molecular weight excluding hydrogens is 264 g/mol. The molecule has 19 heavy (non-hydrogen) atoms. The molecule has 0 saturated heterocycles. The van der Waals surface area contributed by atoms with Crippen molar-refractivity contribution in [1.82, 2.24) is 14.7 Å². The zero-order valence-corrected chi connectivity index (χ0v) is 11.9. The van der Waals surface area contributed by atoms with E-state index in [1.807, 2.05) is 6.07 Å². The fourth-order valence-corrected chi connectivity index (χ4v) is 2.88. The van der Waals surface area contributed by atoms with Gasteiger partial charge in [-0.2, -0.15) is 0 Å². The molecular formula is C12H20N4O2S. The van der Waals surface area contributed by atoms with Crippen LogP contribution in [0.15, 0.2) is 12.3 Å². The zero-order chi connectivity index (χ0) is 13.7.